The minimum Gasteiger partial charge on any atom is -0.309 e. The SMILES string of the molecule is CN(C)Cc1ccc2c(c1)C1(c3ccccc3-2)c2ccccc2N2c3ccccc3Cc3cccc1c32. The fourth-order valence-corrected chi connectivity index (χ4v) is 7.26. The Bertz CT molecular complexity index is 1730. The fourth-order valence-electron chi connectivity index (χ4n) is 7.26. The number of hydrogen-bond acceptors (Lipinski definition) is 2. The fraction of sp³-hybridized carbons (Fsp3) is 0.143. The van der Waals surface area contributed by atoms with Crippen LogP contribution in [0.3, 0.4) is 0 Å². The van der Waals surface area contributed by atoms with Gasteiger partial charge in [0.15, 0.2) is 0 Å². The Kier molecular flexibility index (Phi) is 4.22. The number of benzene rings is 5. The van der Waals surface area contributed by atoms with E-state index in [4.69, 9.17) is 0 Å². The van der Waals surface area contributed by atoms with Crippen molar-refractivity contribution in [2.24, 2.45) is 0 Å². The van der Waals surface area contributed by atoms with Crippen LogP contribution in [-0.4, -0.2) is 19.0 Å². The van der Waals surface area contributed by atoms with Crippen molar-refractivity contribution in [3.63, 3.8) is 0 Å². The topological polar surface area (TPSA) is 6.48 Å². The Morgan fingerprint density at radius 2 is 1.30 bits per heavy atom. The highest BCUT2D eigenvalue weighted by molar-refractivity contribution is 5.98. The van der Waals surface area contributed by atoms with E-state index in [2.05, 4.69) is 133 Å². The molecule has 2 nitrogen and oxygen atoms in total. The van der Waals surface area contributed by atoms with Crippen LogP contribution in [0.4, 0.5) is 17.1 Å². The average Bonchev–Trinajstić information content (AvgIpc) is 3.21. The zero-order chi connectivity index (χ0) is 24.7. The zero-order valence-corrected chi connectivity index (χ0v) is 21.2. The maximum atomic E-state index is 2.54. The van der Waals surface area contributed by atoms with E-state index in [1.54, 1.807) is 0 Å². The van der Waals surface area contributed by atoms with E-state index in [1.807, 2.05) is 0 Å². The number of nitrogens with zero attached hydrogens (tertiary/aromatic N) is 2. The Morgan fingerprint density at radius 3 is 2.16 bits per heavy atom. The lowest BCUT2D eigenvalue weighted by Gasteiger charge is -2.47. The summed E-state index contributed by atoms with van der Waals surface area (Å²) in [6.45, 7) is 0.924. The van der Waals surface area contributed by atoms with E-state index in [0.717, 1.165) is 13.0 Å². The summed E-state index contributed by atoms with van der Waals surface area (Å²) in [5.41, 5.74) is 16.0. The summed E-state index contributed by atoms with van der Waals surface area (Å²) >= 11 is 0. The van der Waals surface area contributed by atoms with Crippen LogP contribution in [0.2, 0.25) is 0 Å². The molecule has 1 unspecified atom stereocenters. The zero-order valence-electron chi connectivity index (χ0n) is 21.2. The minimum atomic E-state index is -0.348. The summed E-state index contributed by atoms with van der Waals surface area (Å²) < 4.78 is 0. The van der Waals surface area contributed by atoms with E-state index in [-0.39, 0.29) is 5.41 Å². The van der Waals surface area contributed by atoms with Gasteiger partial charge in [-0.25, -0.2) is 0 Å². The van der Waals surface area contributed by atoms with Gasteiger partial charge in [0, 0.05) is 18.7 Å². The second-order valence-corrected chi connectivity index (χ2v) is 10.9. The molecule has 37 heavy (non-hydrogen) atoms. The van der Waals surface area contributed by atoms with Crippen molar-refractivity contribution in [1.29, 1.82) is 0 Å². The molecule has 2 aliphatic heterocycles. The van der Waals surface area contributed by atoms with Gasteiger partial charge in [0.2, 0.25) is 0 Å². The summed E-state index contributed by atoms with van der Waals surface area (Å²) in [5, 5.41) is 0. The Labute approximate surface area is 218 Å². The predicted octanol–water partition coefficient (Wildman–Crippen LogP) is 7.80. The molecule has 0 amide bonds. The lowest BCUT2D eigenvalue weighted by Crippen LogP contribution is -2.38. The maximum absolute atomic E-state index is 2.54. The standard InChI is InChI=1S/C35H28N2/c1-36(2)22-23-18-19-27-26-12-4-5-13-28(26)35(31(27)20-23)29-14-6-8-17-33(29)37-32-16-7-3-10-24(32)21-25-11-9-15-30(35)34(25)37/h3-20H,21-22H2,1-2H3. The number of rotatable bonds is 2. The van der Waals surface area contributed by atoms with Crippen molar-refractivity contribution in [1.82, 2.24) is 4.90 Å². The molecule has 3 aliphatic rings. The molecular weight excluding hydrogens is 448 g/mol. The lowest BCUT2D eigenvalue weighted by atomic mass is 9.63. The molecule has 178 valence electrons. The molecule has 0 aromatic heterocycles. The molecule has 0 saturated carbocycles. The highest BCUT2D eigenvalue weighted by Crippen LogP contribution is 2.64. The monoisotopic (exact) mass is 476 g/mol. The van der Waals surface area contributed by atoms with Gasteiger partial charge in [0.1, 0.15) is 0 Å². The summed E-state index contributed by atoms with van der Waals surface area (Å²) in [4.78, 5) is 4.79. The molecule has 0 bridgehead atoms. The summed E-state index contributed by atoms with van der Waals surface area (Å²) in [5.74, 6) is 0. The van der Waals surface area contributed by atoms with E-state index < -0.39 is 0 Å². The lowest BCUT2D eigenvalue weighted by molar-refractivity contribution is 0.402. The van der Waals surface area contributed by atoms with Crippen molar-refractivity contribution in [2.75, 3.05) is 19.0 Å². The molecule has 0 saturated heterocycles. The summed E-state index contributed by atoms with van der Waals surface area (Å²) in [6, 6.07) is 41.2. The van der Waals surface area contributed by atoms with Crippen molar-refractivity contribution in [3.8, 4) is 11.1 Å². The Hall–Kier alpha value is -4.14. The molecule has 1 spiro atoms. The van der Waals surface area contributed by atoms with Crippen molar-refractivity contribution >= 4 is 17.1 Å². The van der Waals surface area contributed by atoms with Gasteiger partial charge in [0.25, 0.3) is 0 Å². The van der Waals surface area contributed by atoms with Gasteiger partial charge in [-0.2, -0.15) is 0 Å². The van der Waals surface area contributed by atoms with Crippen molar-refractivity contribution in [2.45, 2.75) is 18.4 Å². The van der Waals surface area contributed by atoms with Crippen LogP contribution < -0.4 is 4.90 Å². The second kappa shape index (κ2) is 7.44. The first kappa shape index (κ1) is 21.0. The Balaban J connectivity index is 1.54. The number of para-hydroxylation sites is 3. The van der Waals surface area contributed by atoms with Crippen LogP contribution >= 0.6 is 0 Å². The van der Waals surface area contributed by atoms with Crippen LogP contribution in [0.1, 0.15) is 38.9 Å². The molecule has 8 rings (SSSR count). The molecule has 5 aromatic carbocycles. The van der Waals surface area contributed by atoms with Gasteiger partial charge in [0.05, 0.1) is 16.8 Å². The van der Waals surface area contributed by atoms with Crippen LogP contribution in [-0.2, 0) is 18.4 Å². The van der Waals surface area contributed by atoms with Crippen molar-refractivity contribution < 1.29 is 0 Å². The summed E-state index contributed by atoms with van der Waals surface area (Å²) in [7, 11) is 4.30. The third-order valence-corrected chi connectivity index (χ3v) is 8.52. The second-order valence-electron chi connectivity index (χ2n) is 10.9. The van der Waals surface area contributed by atoms with Gasteiger partial charge in [-0.3, -0.25) is 0 Å². The van der Waals surface area contributed by atoms with Crippen molar-refractivity contribution in [3.05, 3.63) is 148 Å². The molecule has 0 radical (unpaired) electrons. The quantitative estimate of drug-likeness (QED) is 0.251. The minimum absolute atomic E-state index is 0.348. The van der Waals surface area contributed by atoms with Crippen LogP contribution in [0.25, 0.3) is 11.1 Å². The Morgan fingerprint density at radius 1 is 0.622 bits per heavy atom. The highest BCUT2D eigenvalue weighted by atomic mass is 15.2. The van der Waals surface area contributed by atoms with E-state index in [9.17, 15) is 0 Å². The molecule has 1 atom stereocenters. The van der Waals surface area contributed by atoms with Crippen LogP contribution in [0.5, 0.6) is 0 Å². The molecule has 0 fully saturated rings. The van der Waals surface area contributed by atoms with E-state index >= 15 is 0 Å². The largest absolute Gasteiger partial charge is 0.309 e. The molecule has 2 heterocycles. The molecule has 0 N–H and O–H groups in total. The van der Waals surface area contributed by atoms with Gasteiger partial charge < -0.3 is 9.80 Å². The number of anilines is 3. The molecule has 5 aromatic rings. The molecule has 1 aliphatic carbocycles. The predicted molar refractivity (Wildman–Crippen MR) is 152 cm³/mol. The van der Waals surface area contributed by atoms with Gasteiger partial charge in [-0.05, 0) is 76.3 Å². The van der Waals surface area contributed by atoms with Gasteiger partial charge >= 0.3 is 0 Å². The third-order valence-electron chi connectivity index (χ3n) is 8.52. The average molecular weight is 477 g/mol. The van der Waals surface area contributed by atoms with Gasteiger partial charge in [-0.15, -0.1) is 0 Å². The normalized spacial score (nSPS) is 17.8. The highest BCUT2D eigenvalue weighted by Gasteiger charge is 2.52. The number of hydrogen-bond donors (Lipinski definition) is 0. The van der Waals surface area contributed by atoms with Crippen LogP contribution in [0, 0.1) is 0 Å². The molecular formula is C35H28N2. The van der Waals surface area contributed by atoms with E-state index in [0.29, 0.717) is 0 Å². The first-order valence-corrected chi connectivity index (χ1v) is 13.2. The first-order valence-electron chi connectivity index (χ1n) is 13.2. The maximum Gasteiger partial charge on any atom is 0.0754 e. The number of fused-ring (bicyclic) bond motifs is 11. The molecule has 2 heteroatoms. The third kappa shape index (κ3) is 2.63. The first-order chi connectivity index (χ1) is 18.2. The van der Waals surface area contributed by atoms with Gasteiger partial charge in [-0.1, -0.05) is 97.1 Å². The smallest absolute Gasteiger partial charge is 0.0754 e. The van der Waals surface area contributed by atoms with E-state index in [1.165, 1.54) is 67.1 Å². The summed E-state index contributed by atoms with van der Waals surface area (Å²) in [6.07, 6.45) is 0.962. The van der Waals surface area contributed by atoms with Crippen LogP contribution in [0.15, 0.2) is 109 Å².